The predicted molar refractivity (Wildman–Crippen MR) is 117 cm³/mol. The Kier molecular flexibility index (Phi) is 5.27. The van der Waals surface area contributed by atoms with Crippen LogP contribution in [-0.4, -0.2) is 36.5 Å². The molecular weight excluding hydrogens is 428 g/mol. The summed E-state index contributed by atoms with van der Waals surface area (Å²) in [5.41, 5.74) is 1.06. The Morgan fingerprint density at radius 1 is 1.37 bits per heavy atom. The number of non-ortho nitro benzene ring substituents is 1. The van der Waals surface area contributed by atoms with Gasteiger partial charge in [-0.3, -0.25) is 20.3 Å². The van der Waals surface area contributed by atoms with Crippen molar-refractivity contribution in [1.29, 1.82) is 5.41 Å². The van der Waals surface area contributed by atoms with E-state index in [1.165, 1.54) is 35.0 Å². The number of hydrogen-bond donors (Lipinski definition) is 1. The molecule has 0 unspecified atom stereocenters. The Morgan fingerprint density at radius 3 is 2.87 bits per heavy atom. The summed E-state index contributed by atoms with van der Waals surface area (Å²) in [6.45, 7) is 2.03. The van der Waals surface area contributed by atoms with Gasteiger partial charge in [-0.25, -0.2) is 0 Å². The van der Waals surface area contributed by atoms with Crippen molar-refractivity contribution in [2.75, 3.05) is 0 Å². The van der Waals surface area contributed by atoms with Crippen molar-refractivity contribution in [3.8, 4) is 5.69 Å². The summed E-state index contributed by atoms with van der Waals surface area (Å²) < 4.78 is 1.68. The van der Waals surface area contributed by atoms with Crippen molar-refractivity contribution in [3.63, 3.8) is 0 Å². The number of thioether (sulfide) groups is 1. The highest BCUT2D eigenvalue weighted by molar-refractivity contribution is 8.26. The minimum atomic E-state index is -0.521. The largest absolute Gasteiger partial charge is 0.316 e. The lowest BCUT2D eigenvalue weighted by Crippen LogP contribution is -2.35. The molecule has 4 rings (SSSR count). The molecule has 1 amide bonds. The van der Waals surface area contributed by atoms with Crippen LogP contribution in [-0.2, 0) is 4.79 Å². The number of carbonyl (C=O) groups excluding carboxylic acids is 1. The first-order valence-corrected chi connectivity index (χ1v) is 10.2. The summed E-state index contributed by atoms with van der Waals surface area (Å²) in [5.74, 6) is -0.569. The number of aliphatic imine (C=N–C) groups is 1. The number of fused-ring (bicyclic) bond motifs is 1. The molecule has 9 nitrogen and oxygen atoms in total. The van der Waals surface area contributed by atoms with Gasteiger partial charge in [0.1, 0.15) is 5.04 Å². The van der Waals surface area contributed by atoms with Crippen molar-refractivity contribution < 1.29 is 9.72 Å². The Morgan fingerprint density at radius 2 is 2.17 bits per heavy atom. The number of amides is 1. The number of nitrogens with zero attached hydrogens (tertiary/aromatic N) is 5. The van der Waals surface area contributed by atoms with E-state index in [2.05, 4.69) is 10.1 Å². The van der Waals surface area contributed by atoms with Gasteiger partial charge >= 0.3 is 0 Å². The lowest BCUT2D eigenvalue weighted by Gasteiger charge is -2.20. The first-order valence-electron chi connectivity index (χ1n) is 8.99. The van der Waals surface area contributed by atoms with E-state index in [1.807, 2.05) is 6.92 Å². The van der Waals surface area contributed by atoms with Crippen LogP contribution in [0.5, 0.6) is 0 Å². The lowest BCUT2D eigenvalue weighted by molar-refractivity contribution is -0.384. The van der Waals surface area contributed by atoms with Gasteiger partial charge in [-0.1, -0.05) is 18.5 Å². The van der Waals surface area contributed by atoms with E-state index in [4.69, 9.17) is 17.0 Å². The van der Waals surface area contributed by atoms with Gasteiger partial charge in [-0.05, 0) is 48.9 Å². The highest BCUT2D eigenvalue weighted by Crippen LogP contribution is 2.31. The van der Waals surface area contributed by atoms with Gasteiger partial charge in [0.05, 0.1) is 21.2 Å². The van der Waals surface area contributed by atoms with Crippen LogP contribution in [0.4, 0.5) is 5.69 Å². The minimum Gasteiger partial charge on any atom is -0.316 e. The highest BCUT2D eigenvalue weighted by Gasteiger charge is 2.35. The molecule has 3 heterocycles. The van der Waals surface area contributed by atoms with E-state index in [9.17, 15) is 14.9 Å². The standard InChI is InChI=1S/C19H15ClN6O3S/c1-2-4-16-23-25-17(21)13(18(27)22-19(25)30-16)9-11-5-3-8-24(11)15-7-6-12(26(28)29)10-14(15)20/h3,5-10,21H,2,4H2,1H3/b13-9+,21-17?. The number of benzene rings is 1. The maximum Gasteiger partial charge on any atom is 0.283 e. The summed E-state index contributed by atoms with van der Waals surface area (Å²) in [7, 11) is 0. The summed E-state index contributed by atoms with van der Waals surface area (Å²) in [5, 5.41) is 26.5. The van der Waals surface area contributed by atoms with E-state index in [1.54, 1.807) is 29.0 Å². The molecule has 0 saturated heterocycles. The first-order chi connectivity index (χ1) is 14.4. The molecule has 30 heavy (non-hydrogen) atoms. The Balaban J connectivity index is 1.71. The predicted octanol–water partition coefficient (Wildman–Crippen LogP) is 4.46. The maximum absolute atomic E-state index is 12.6. The van der Waals surface area contributed by atoms with E-state index in [-0.39, 0.29) is 22.1 Å². The number of carbonyl (C=O) groups is 1. The third-order valence-corrected chi connectivity index (χ3v) is 5.71. The van der Waals surface area contributed by atoms with Crippen LogP contribution in [0.2, 0.25) is 5.02 Å². The van der Waals surface area contributed by atoms with Gasteiger partial charge < -0.3 is 4.57 Å². The topological polar surface area (TPSA) is 117 Å². The number of amidine groups is 2. The summed E-state index contributed by atoms with van der Waals surface area (Å²) in [4.78, 5) is 27.1. The number of aromatic nitrogens is 1. The van der Waals surface area contributed by atoms with Crippen molar-refractivity contribution in [3.05, 3.63) is 62.9 Å². The summed E-state index contributed by atoms with van der Waals surface area (Å²) in [6, 6.07) is 7.65. The van der Waals surface area contributed by atoms with Crippen LogP contribution in [0, 0.1) is 15.5 Å². The molecule has 0 atom stereocenters. The molecule has 2 aromatic rings. The molecular formula is C19H15ClN6O3S. The number of hydrogen-bond acceptors (Lipinski definition) is 6. The molecule has 11 heteroatoms. The van der Waals surface area contributed by atoms with Crippen LogP contribution >= 0.6 is 23.4 Å². The number of rotatable bonds is 5. The van der Waals surface area contributed by atoms with Gasteiger partial charge in [0.15, 0.2) is 5.84 Å². The fourth-order valence-electron chi connectivity index (χ4n) is 3.03. The van der Waals surface area contributed by atoms with Crippen LogP contribution in [0.25, 0.3) is 11.8 Å². The van der Waals surface area contributed by atoms with Crippen LogP contribution in [0.3, 0.4) is 0 Å². The fourth-order valence-corrected chi connectivity index (χ4v) is 4.28. The van der Waals surface area contributed by atoms with Gasteiger partial charge in [0, 0.05) is 24.0 Å². The second-order valence-corrected chi connectivity index (χ2v) is 7.91. The maximum atomic E-state index is 12.6. The molecule has 0 saturated carbocycles. The molecule has 0 spiro atoms. The van der Waals surface area contributed by atoms with Crippen LogP contribution in [0.1, 0.15) is 25.5 Å². The van der Waals surface area contributed by atoms with Gasteiger partial charge in [0.25, 0.3) is 11.6 Å². The molecule has 0 radical (unpaired) electrons. The van der Waals surface area contributed by atoms with Gasteiger partial charge in [0.2, 0.25) is 5.17 Å². The molecule has 2 aliphatic heterocycles. The van der Waals surface area contributed by atoms with Gasteiger partial charge in [-0.2, -0.15) is 15.1 Å². The minimum absolute atomic E-state index is 0.0499. The molecule has 1 N–H and O–H groups in total. The summed E-state index contributed by atoms with van der Waals surface area (Å²) >= 11 is 7.55. The second kappa shape index (κ2) is 7.88. The van der Waals surface area contributed by atoms with Crippen molar-refractivity contribution in [1.82, 2.24) is 9.58 Å². The average molecular weight is 443 g/mol. The normalized spacial score (nSPS) is 17.3. The van der Waals surface area contributed by atoms with E-state index < -0.39 is 10.8 Å². The van der Waals surface area contributed by atoms with E-state index >= 15 is 0 Å². The fraction of sp³-hybridized carbons (Fsp3) is 0.158. The SMILES string of the molecule is CCCC1=NN2C(=N)/C(=C\c3cccn3-c3ccc([N+](=O)[O-])cc3Cl)C(=O)N=C2S1. The Hall–Kier alpha value is -3.24. The van der Waals surface area contributed by atoms with Crippen molar-refractivity contribution in [2.24, 2.45) is 10.1 Å². The molecule has 0 aliphatic carbocycles. The quantitative estimate of drug-likeness (QED) is 0.416. The second-order valence-electron chi connectivity index (χ2n) is 6.46. The number of nitro groups is 1. The number of nitrogens with one attached hydrogen (secondary N) is 1. The zero-order valence-electron chi connectivity index (χ0n) is 15.7. The molecule has 1 aromatic heterocycles. The smallest absolute Gasteiger partial charge is 0.283 e. The number of nitro benzene ring substituents is 1. The van der Waals surface area contributed by atoms with Gasteiger partial charge in [-0.15, -0.1) is 0 Å². The third-order valence-electron chi connectivity index (χ3n) is 4.43. The van der Waals surface area contributed by atoms with Crippen LogP contribution in [0.15, 0.2) is 52.2 Å². The average Bonchev–Trinajstić information content (AvgIpc) is 3.32. The number of hydrazone groups is 1. The Labute approximate surface area is 180 Å². The highest BCUT2D eigenvalue weighted by atomic mass is 35.5. The molecule has 0 bridgehead atoms. The molecule has 0 fully saturated rings. The first kappa shape index (κ1) is 20.0. The zero-order valence-corrected chi connectivity index (χ0v) is 17.3. The van der Waals surface area contributed by atoms with Crippen molar-refractivity contribution in [2.45, 2.75) is 19.8 Å². The molecule has 2 aliphatic rings. The van der Waals surface area contributed by atoms with Crippen LogP contribution < -0.4 is 0 Å². The zero-order chi connectivity index (χ0) is 21.4. The Bertz CT molecular complexity index is 1180. The lowest BCUT2D eigenvalue weighted by atomic mass is 10.1. The monoisotopic (exact) mass is 442 g/mol. The van der Waals surface area contributed by atoms with E-state index in [0.717, 1.165) is 17.9 Å². The molecule has 1 aromatic carbocycles. The number of halogens is 1. The van der Waals surface area contributed by atoms with E-state index in [0.29, 0.717) is 16.5 Å². The molecule has 152 valence electrons. The summed E-state index contributed by atoms with van der Waals surface area (Å²) in [6.07, 6.45) is 4.91. The third kappa shape index (κ3) is 3.55. The van der Waals surface area contributed by atoms with Crippen molar-refractivity contribution >= 4 is 57.1 Å².